The molecule has 0 aliphatic carbocycles. The standard InChI is InChI=1S/C16H21NO4S/c1-11(18)22-13-9-16(19)17(10-13)7-6-12-4-5-14(20-2)15(8-12)21-3/h4-5,8,13H,6-7,9-10H2,1-3H3. The Morgan fingerprint density at radius 2 is 2.05 bits per heavy atom. The van der Waals surface area contributed by atoms with Crippen molar-refractivity contribution in [2.45, 2.75) is 25.0 Å². The fourth-order valence-corrected chi connectivity index (χ4v) is 3.52. The lowest BCUT2D eigenvalue weighted by Gasteiger charge is -2.17. The minimum absolute atomic E-state index is 0.0690. The maximum atomic E-state index is 12.0. The van der Waals surface area contributed by atoms with Gasteiger partial charge in [-0.1, -0.05) is 17.8 Å². The van der Waals surface area contributed by atoms with Crippen LogP contribution in [0.15, 0.2) is 18.2 Å². The molecule has 1 unspecified atom stereocenters. The third-order valence-electron chi connectivity index (χ3n) is 3.63. The summed E-state index contributed by atoms with van der Waals surface area (Å²) in [4.78, 5) is 24.9. The van der Waals surface area contributed by atoms with Crippen molar-refractivity contribution in [2.24, 2.45) is 0 Å². The molecular weight excluding hydrogens is 302 g/mol. The van der Waals surface area contributed by atoms with E-state index in [1.807, 2.05) is 23.1 Å². The van der Waals surface area contributed by atoms with E-state index in [4.69, 9.17) is 9.47 Å². The lowest BCUT2D eigenvalue weighted by molar-refractivity contribution is -0.127. The van der Waals surface area contributed by atoms with Crippen molar-refractivity contribution in [3.05, 3.63) is 23.8 Å². The second kappa shape index (κ2) is 7.54. The molecule has 1 aliphatic rings. The molecule has 1 saturated heterocycles. The highest BCUT2D eigenvalue weighted by molar-refractivity contribution is 8.14. The summed E-state index contributed by atoms with van der Waals surface area (Å²) in [7, 11) is 3.21. The van der Waals surface area contributed by atoms with Gasteiger partial charge in [-0.05, 0) is 24.1 Å². The smallest absolute Gasteiger partial charge is 0.223 e. The van der Waals surface area contributed by atoms with E-state index in [2.05, 4.69) is 0 Å². The van der Waals surface area contributed by atoms with Gasteiger partial charge in [0.15, 0.2) is 16.6 Å². The molecule has 0 spiro atoms. The third-order valence-corrected chi connectivity index (χ3v) is 4.61. The summed E-state index contributed by atoms with van der Waals surface area (Å²) in [6.07, 6.45) is 1.21. The number of amides is 1. The molecule has 1 aromatic carbocycles. The zero-order valence-corrected chi connectivity index (χ0v) is 13.9. The van der Waals surface area contributed by atoms with Crippen LogP contribution in [0.5, 0.6) is 11.5 Å². The van der Waals surface area contributed by atoms with Gasteiger partial charge in [-0.3, -0.25) is 9.59 Å². The first-order valence-electron chi connectivity index (χ1n) is 7.19. The molecule has 0 saturated carbocycles. The van der Waals surface area contributed by atoms with Crippen LogP contribution >= 0.6 is 11.8 Å². The fraction of sp³-hybridized carbons (Fsp3) is 0.500. The van der Waals surface area contributed by atoms with Crippen molar-refractivity contribution in [2.75, 3.05) is 27.3 Å². The number of benzene rings is 1. The van der Waals surface area contributed by atoms with Gasteiger partial charge in [0.2, 0.25) is 5.91 Å². The van der Waals surface area contributed by atoms with Crippen molar-refractivity contribution in [3.63, 3.8) is 0 Å². The summed E-state index contributed by atoms with van der Waals surface area (Å²) in [6.45, 7) is 2.85. The minimum atomic E-state index is 0.0690. The van der Waals surface area contributed by atoms with Gasteiger partial charge >= 0.3 is 0 Å². The molecule has 1 fully saturated rings. The summed E-state index contributed by atoms with van der Waals surface area (Å²) in [5, 5.41) is 0.162. The third kappa shape index (κ3) is 4.16. The number of ether oxygens (including phenoxy) is 2. The van der Waals surface area contributed by atoms with E-state index in [1.54, 1.807) is 21.1 Å². The highest BCUT2D eigenvalue weighted by Crippen LogP contribution is 2.28. The van der Waals surface area contributed by atoms with Gasteiger partial charge in [0.05, 0.1) is 14.2 Å². The molecule has 1 aromatic rings. The van der Waals surface area contributed by atoms with Crippen LogP contribution in [0.3, 0.4) is 0 Å². The molecular formula is C16H21NO4S. The first-order valence-corrected chi connectivity index (χ1v) is 8.07. The minimum Gasteiger partial charge on any atom is -0.493 e. The predicted molar refractivity (Wildman–Crippen MR) is 86.5 cm³/mol. The second-order valence-electron chi connectivity index (χ2n) is 5.21. The Balaban J connectivity index is 1.93. The Morgan fingerprint density at radius 3 is 2.68 bits per heavy atom. The largest absolute Gasteiger partial charge is 0.493 e. The Kier molecular flexibility index (Phi) is 5.71. The zero-order valence-electron chi connectivity index (χ0n) is 13.1. The van der Waals surface area contributed by atoms with E-state index in [0.717, 1.165) is 12.0 Å². The average Bonchev–Trinajstić information content (AvgIpc) is 2.83. The van der Waals surface area contributed by atoms with Crippen molar-refractivity contribution in [3.8, 4) is 11.5 Å². The number of nitrogens with zero attached hydrogens (tertiary/aromatic N) is 1. The number of hydrogen-bond acceptors (Lipinski definition) is 5. The molecule has 6 heteroatoms. The monoisotopic (exact) mass is 323 g/mol. The number of thioether (sulfide) groups is 1. The van der Waals surface area contributed by atoms with Crippen LogP contribution in [0.4, 0.5) is 0 Å². The van der Waals surface area contributed by atoms with Crippen LogP contribution in [-0.2, 0) is 16.0 Å². The van der Waals surface area contributed by atoms with Crippen LogP contribution < -0.4 is 9.47 Å². The first kappa shape index (κ1) is 16.7. The molecule has 0 bridgehead atoms. The van der Waals surface area contributed by atoms with Gasteiger partial charge in [0.25, 0.3) is 0 Å². The van der Waals surface area contributed by atoms with Gasteiger partial charge in [0, 0.05) is 31.7 Å². The van der Waals surface area contributed by atoms with Crippen LogP contribution in [0.1, 0.15) is 18.9 Å². The second-order valence-corrected chi connectivity index (χ2v) is 6.69. The lowest BCUT2D eigenvalue weighted by Crippen LogP contribution is -2.28. The van der Waals surface area contributed by atoms with Crippen molar-refractivity contribution < 1.29 is 19.1 Å². The van der Waals surface area contributed by atoms with Crippen LogP contribution in [0.25, 0.3) is 0 Å². The molecule has 22 heavy (non-hydrogen) atoms. The molecule has 2 rings (SSSR count). The van der Waals surface area contributed by atoms with Crippen LogP contribution in [0, 0.1) is 0 Å². The van der Waals surface area contributed by atoms with E-state index >= 15 is 0 Å². The molecule has 1 heterocycles. The summed E-state index contributed by atoms with van der Waals surface area (Å²) in [5.41, 5.74) is 1.09. The quantitative estimate of drug-likeness (QED) is 0.803. The normalized spacial score (nSPS) is 17.7. The van der Waals surface area contributed by atoms with E-state index in [-0.39, 0.29) is 16.3 Å². The van der Waals surface area contributed by atoms with E-state index in [1.165, 1.54) is 11.8 Å². The van der Waals surface area contributed by atoms with Crippen LogP contribution in [-0.4, -0.2) is 48.5 Å². The van der Waals surface area contributed by atoms with Crippen LogP contribution in [0.2, 0.25) is 0 Å². The highest BCUT2D eigenvalue weighted by atomic mass is 32.2. The Morgan fingerprint density at radius 1 is 1.32 bits per heavy atom. The van der Waals surface area contributed by atoms with Crippen molar-refractivity contribution in [1.29, 1.82) is 0 Å². The fourth-order valence-electron chi connectivity index (χ4n) is 2.57. The molecule has 0 N–H and O–H groups in total. The van der Waals surface area contributed by atoms with Crippen molar-refractivity contribution in [1.82, 2.24) is 4.90 Å². The Bertz CT molecular complexity index is 561. The Labute approximate surface area is 135 Å². The summed E-state index contributed by atoms with van der Waals surface area (Å²) < 4.78 is 10.5. The molecule has 1 atom stereocenters. The molecule has 1 amide bonds. The highest BCUT2D eigenvalue weighted by Gasteiger charge is 2.30. The number of methoxy groups -OCH3 is 2. The SMILES string of the molecule is COc1ccc(CCN2CC(SC(C)=O)CC2=O)cc1OC. The average molecular weight is 323 g/mol. The van der Waals surface area contributed by atoms with E-state index in [9.17, 15) is 9.59 Å². The van der Waals surface area contributed by atoms with E-state index < -0.39 is 0 Å². The zero-order chi connectivity index (χ0) is 16.1. The number of hydrogen-bond donors (Lipinski definition) is 0. The van der Waals surface area contributed by atoms with E-state index in [0.29, 0.717) is 31.0 Å². The number of carbonyl (C=O) groups is 2. The maximum Gasteiger partial charge on any atom is 0.223 e. The van der Waals surface area contributed by atoms with Gasteiger partial charge < -0.3 is 14.4 Å². The number of rotatable bonds is 6. The summed E-state index contributed by atoms with van der Waals surface area (Å²) in [6, 6.07) is 5.78. The molecule has 0 radical (unpaired) electrons. The molecule has 0 aromatic heterocycles. The van der Waals surface area contributed by atoms with Crippen molar-refractivity contribution >= 4 is 22.8 Å². The predicted octanol–water partition coefficient (Wildman–Crippen LogP) is 2.13. The van der Waals surface area contributed by atoms with Gasteiger partial charge in [0.1, 0.15) is 0 Å². The van der Waals surface area contributed by atoms with Gasteiger partial charge in [-0.15, -0.1) is 0 Å². The molecule has 1 aliphatic heterocycles. The maximum absolute atomic E-state index is 12.0. The summed E-state index contributed by atoms with van der Waals surface area (Å²) >= 11 is 1.26. The molecule has 120 valence electrons. The Hall–Kier alpha value is -1.69. The number of likely N-dealkylation sites (tertiary alicyclic amines) is 1. The topological polar surface area (TPSA) is 55.8 Å². The number of carbonyl (C=O) groups excluding carboxylic acids is 2. The summed E-state index contributed by atoms with van der Waals surface area (Å²) in [5.74, 6) is 1.51. The first-order chi connectivity index (χ1) is 10.5. The van der Waals surface area contributed by atoms with Gasteiger partial charge in [-0.25, -0.2) is 0 Å². The molecule has 5 nitrogen and oxygen atoms in total. The lowest BCUT2D eigenvalue weighted by atomic mass is 10.1. The van der Waals surface area contributed by atoms with Gasteiger partial charge in [-0.2, -0.15) is 0 Å².